The highest BCUT2D eigenvalue weighted by Gasteiger charge is 2.13. The van der Waals surface area contributed by atoms with Gasteiger partial charge < -0.3 is 10.0 Å². The second kappa shape index (κ2) is 5.13. The summed E-state index contributed by atoms with van der Waals surface area (Å²) in [6.45, 7) is 8.32. The maximum Gasteiger partial charge on any atom is 0.307 e. The van der Waals surface area contributed by atoms with Gasteiger partial charge in [0.15, 0.2) is 0 Å². The van der Waals surface area contributed by atoms with Gasteiger partial charge in [-0.15, -0.1) is 0 Å². The highest BCUT2D eigenvalue weighted by Crippen LogP contribution is 1.98. The lowest BCUT2D eigenvalue weighted by Gasteiger charge is -2.19. The Kier molecular flexibility index (Phi) is 4.86. The van der Waals surface area contributed by atoms with E-state index in [4.69, 9.17) is 5.11 Å². The molecule has 0 heterocycles. The number of aliphatic carboxylic acids is 1. The normalized spacial score (nSPS) is 13.5. The second-order valence-electron chi connectivity index (χ2n) is 2.73. The van der Waals surface area contributed by atoms with Crippen LogP contribution in [0, 0.1) is 5.92 Å². The maximum absolute atomic E-state index is 10.4. The molecule has 1 atom stereocenters. The molecule has 0 fully saturated rings. The molecule has 0 aromatic rings. The minimum absolute atomic E-state index is 0.255. The second-order valence-corrected chi connectivity index (χ2v) is 2.73. The fraction of sp³-hybridized carbons (Fsp3) is 0.875. The van der Waals surface area contributed by atoms with E-state index in [0.717, 1.165) is 13.1 Å². The summed E-state index contributed by atoms with van der Waals surface area (Å²) in [6.07, 6.45) is 0. The molecule has 1 N–H and O–H groups in total. The van der Waals surface area contributed by atoms with Gasteiger partial charge in [0, 0.05) is 6.54 Å². The topological polar surface area (TPSA) is 40.5 Å². The summed E-state index contributed by atoms with van der Waals surface area (Å²) in [4.78, 5) is 12.5. The number of carboxylic acids is 1. The van der Waals surface area contributed by atoms with Crippen molar-refractivity contribution in [1.82, 2.24) is 4.90 Å². The fourth-order valence-electron chi connectivity index (χ4n) is 0.947. The number of nitrogens with zero attached hydrogens (tertiary/aromatic N) is 1. The maximum atomic E-state index is 10.4. The van der Waals surface area contributed by atoms with Gasteiger partial charge in [0.25, 0.3) is 0 Å². The van der Waals surface area contributed by atoms with Gasteiger partial charge in [-0.3, -0.25) is 4.79 Å². The smallest absolute Gasteiger partial charge is 0.307 e. The number of hydrogen-bond donors (Lipinski definition) is 1. The van der Waals surface area contributed by atoms with Crippen LogP contribution in [0.5, 0.6) is 0 Å². The highest BCUT2D eigenvalue weighted by atomic mass is 16.4. The van der Waals surface area contributed by atoms with E-state index in [1.807, 2.05) is 13.8 Å². The summed E-state index contributed by atoms with van der Waals surface area (Å²) in [6, 6.07) is 0. The van der Waals surface area contributed by atoms with Gasteiger partial charge in [0.1, 0.15) is 0 Å². The molecule has 0 unspecified atom stereocenters. The predicted molar refractivity (Wildman–Crippen MR) is 44.6 cm³/mol. The molecule has 0 spiro atoms. The molecule has 0 saturated heterocycles. The van der Waals surface area contributed by atoms with Gasteiger partial charge in [-0.1, -0.05) is 20.8 Å². The first-order valence-corrected chi connectivity index (χ1v) is 4.06. The Morgan fingerprint density at radius 2 is 1.91 bits per heavy atom. The van der Waals surface area contributed by atoms with Crippen molar-refractivity contribution >= 4 is 5.97 Å². The molecule has 3 heteroatoms. The number of carboxylic acid groups (broad SMARTS) is 1. The third kappa shape index (κ3) is 3.98. The average molecular weight is 159 g/mol. The van der Waals surface area contributed by atoms with Crippen LogP contribution in [0.4, 0.5) is 0 Å². The lowest BCUT2D eigenvalue weighted by Crippen LogP contribution is -2.31. The molecule has 0 rings (SSSR count). The van der Waals surface area contributed by atoms with Crippen LogP contribution in [-0.2, 0) is 4.79 Å². The molecular weight excluding hydrogens is 142 g/mol. The number of carbonyl (C=O) groups is 1. The van der Waals surface area contributed by atoms with E-state index in [1.165, 1.54) is 0 Å². The summed E-state index contributed by atoms with van der Waals surface area (Å²) in [7, 11) is 0. The lowest BCUT2D eigenvalue weighted by atomic mass is 10.2. The van der Waals surface area contributed by atoms with Crippen molar-refractivity contribution in [1.29, 1.82) is 0 Å². The zero-order valence-electron chi connectivity index (χ0n) is 7.50. The standard InChI is InChI=1S/C8H17NO2/c1-4-9(5-2)6-7(3)8(10)11/h7H,4-6H2,1-3H3,(H,10,11)/t7-/m1/s1. The van der Waals surface area contributed by atoms with Gasteiger partial charge in [0.2, 0.25) is 0 Å². The van der Waals surface area contributed by atoms with E-state index < -0.39 is 5.97 Å². The van der Waals surface area contributed by atoms with Gasteiger partial charge in [0.05, 0.1) is 5.92 Å². The van der Waals surface area contributed by atoms with Crippen molar-refractivity contribution in [2.75, 3.05) is 19.6 Å². The summed E-state index contributed by atoms with van der Waals surface area (Å²) < 4.78 is 0. The van der Waals surface area contributed by atoms with E-state index in [0.29, 0.717) is 6.54 Å². The Labute approximate surface area is 68.0 Å². The minimum atomic E-state index is -0.711. The van der Waals surface area contributed by atoms with Crippen LogP contribution in [0.25, 0.3) is 0 Å². The Hall–Kier alpha value is -0.570. The molecule has 0 aliphatic rings. The van der Waals surface area contributed by atoms with Crippen LogP contribution in [0.1, 0.15) is 20.8 Å². The van der Waals surface area contributed by atoms with Gasteiger partial charge in [-0.25, -0.2) is 0 Å². The van der Waals surface area contributed by atoms with Crippen molar-refractivity contribution < 1.29 is 9.90 Å². The summed E-state index contributed by atoms with van der Waals surface area (Å²) in [5.41, 5.74) is 0. The molecule has 0 saturated carbocycles. The van der Waals surface area contributed by atoms with Crippen molar-refractivity contribution in [2.24, 2.45) is 5.92 Å². The Morgan fingerprint density at radius 3 is 2.18 bits per heavy atom. The number of rotatable bonds is 5. The van der Waals surface area contributed by atoms with Crippen molar-refractivity contribution in [3.8, 4) is 0 Å². The van der Waals surface area contributed by atoms with Crippen molar-refractivity contribution in [3.63, 3.8) is 0 Å². The van der Waals surface area contributed by atoms with Crippen molar-refractivity contribution in [2.45, 2.75) is 20.8 Å². The molecule has 0 radical (unpaired) electrons. The quantitative estimate of drug-likeness (QED) is 0.651. The summed E-state index contributed by atoms with van der Waals surface area (Å²) >= 11 is 0. The molecule has 0 bridgehead atoms. The van der Waals surface area contributed by atoms with Gasteiger partial charge >= 0.3 is 5.97 Å². The fourth-order valence-corrected chi connectivity index (χ4v) is 0.947. The minimum Gasteiger partial charge on any atom is -0.481 e. The van der Waals surface area contributed by atoms with E-state index in [-0.39, 0.29) is 5.92 Å². The van der Waals surface area contributed by atoms with Crippen LogP contribution in [0.15, 0.2) is 0 Å². The molecule has 66 valence electrons. The molecule has 0 aliphatic carbocycles. The Bertz CT molecular complexity index is 121. The van der Waals surface area contributed by atoms with Crippen LogP contribution in [0.3, 0.4) is 0 Å². The van der Waals surface area contributed by atoms with E-state index in [1.54, 1.807) is 6.92 Å². The monoisotopic (exact) mass is 159 g/mol. The molecular formula is C8H17NO2. The first kappa shape index (κ1) is 10.4. The molecule has 0 aromatic carbocycles. The third-order valence-electron chi connectivity index (χ3n) is 1.85. The lowest BCUT2D eigenvalue weighted by molar-refractivity contribution is -0.141. The van der Waals surface area contributed by atoms with Crippen LogP contribution in [-0.4, -0.2) is 35.6 Å². The van der Waals surface area contributed by atoms with Crippen molar-refractivity contribution in [3.05, 3.63) is 0 Å². The predicted octanol–water partition coefficient (Wildman–Crippen LogP) is 1.05. The van der Waals surface area contributed by atoms with Gasteiger partial charge in [-0.05, 0) is 13.1 Å². The third-order valence-corrected chi connectivity index (χ3v) is 1.85. The first-order valence-electron chi connectivity index (χ1n) is 4.06. The Morgan fingerprint density at radius 1 is 1.45 bits per heavy atom. The van der Waals surface area contributed by atoms with Crippen LogP contribution >= 0.6 is 0 Å². The average Bonchev–Trinajstić information content (AvgIpc) is 1.99. The molecule has 0 aromatic heterocycles. The van der Waals surface area contributed by atoms with E-state index in [9.17, 15) is 4.79 Å². The summed E-state index contributed by atoms with van der Waals surface area (Å²) in [5.74, 6) is -0.966. The summed E-state index contributed by atoms with van der Waals surface area (Å²) in [5, 5.41) is 8.60. The zero-order valence-corrected chi connectivity index (χ0v) is 7.50. The van der Waals surface area contributed by atoms with Crippen LogP contribution in [0.2, 0.25) is 0 Å². The number of hydrogen-bond acceptors (Lipinski definition) is 2. The molecule has 11 heavy (non-hydrogen) atoms. The SMILES string of the molecule is CCN(CC)C[C@@H](C)C(=O)O. The highest BCUT2D eigenvalue weighted by molar-refractivity contribution is 5.69. The zero-order chi connectivity index (χ0) is 8.85. The molecule has 0 amide bonds. The van der Waals surface area contributed by atoms with Gasteiger partial charge in [-0.2, -0.15) is 0 Å². The molecule has 3 nitrogen and oxygen atoms in total. The van der Waals surface area contributed by atoms with E-state index >= 15 is 0 Å². The van der Waals surface area contributed by atoms with E-state index in [2.05, 4.69) is 4.90 Å². The van der Waals surface area contributed by atoms with Crippen LogP contribution < -0.4 is 0 Å². The first-order chi connectivity index (χ1) is 5.11. The largest absolute Gasteiger partial charge is 0.481 e. The molecule has 0 aliphatic heterocycles. The Balaban J connectivity index is 3.71.